The number of nitrogens with zero attached hydrogens (tertiary/aromatic N) is 2. The van der Waals surface area contributed by atoms with Gasteiger partial charge in [-0.3, -0.25) is 42.3 Å². The van der Waals surface area contributed by atoms with Gasteiger partial charge in [0.2, 0.25) is 0 Å². The van der Waals surface area contributed by atoms with Crippen molar-refractivity contribution in [2.45, 2.75) is 139 Å². The van der Waals surface area contributed by atoms with Crippen LogP contribution in [0.3, 0.4) is 0 Å². The number of alkyl halides is 2. The van der Waals surface area contributed by atoms with Crippen LogP contribution in [-0.4, -0.2) is 118 Å². The zero-order valence-corrected chi connectivity index (χ0v) is 39.2. The molecule has 60 heavy (non-hydrogen) atoms. The second-order valence-electron chi connectivity index (χ2n) is 16.2. The van der Waals surface area contributed by atoms with E-state index in [0.717, 1.165) is 64.4 Å². The summed E-state index contributed by atoms with van der Waals surface area (Å²) in [6.07, 6.45) is -2.26. The number of H-pyrrole nitrogens is 2. The van der Waals surface area contributed by atoms with E-state index < -0.39 is 85.1 Å². The lowest BCUT2D eigenvalue weighted by molar-refractivity contribution is -0.123. The first-order valence-electron chi connectivity index (χ1n) is 19.3. The van der Waals surface area contributed by atoms with Gasteiger partial charge in [-0.05, 0) is 39.5 Å². The molecule has 17 nitrogen and oxygen atoms in total. The number of hydrogen-bond donors (Lipinski definition) is 5. The van der Waals surface area contributed by atoms with Gasteiger partial charge >= 0.3 is 19.2 Å². The van der Waals surface area contributed by atoms with E-state index in [-0.39, 0.29) is 18.0 Å². The van der Waals surface area contributed by atoms with Crippen LogP contribution in [0.2, 0.25) is 0 Å². The largest absolute Gasteiger partial charge is 0.475 e. The van der Waals surface area contributed by atoms with Crippen LogP contribution >= 0.6 is 51.0 Å². The summed E-state index contributed by atoms with van der Waals surface area (Å²) in [4.78, 5) is 49.9. The highest BCUT2D eigenvalue weighted by molar-refractivity contribution is 8.77. The minimum Gasteiger partial charge on any atom is -0.396 e. The van der Waals surface area contributed by atoms with Crippen LogP contribution in [0.1, 0.15) is 87.3 Å². The molecule has 5 N–H and O–H groups in total. The molecule has 9 atom stereocenters. The summed E-state index contributed by atoms with van der Waals surface area (Å²) in [6, 6.07) is 2.13. The molecule has 0 spiro atoms. The first-order chi connectivity index (χ1) is 27.9. The van der Waals surface area contributed by atoms with E-state index in [2.05, 4.69) is 46.5 Å². The number of aromatic amines is 2. The third-order valence-electron chi connectivity index (χ3n) is 8.61. The Morgan fingerprint density at radius 2 is 1.48 bits per heavy atom. The Labute approximate surface area is 363 Å². The number of aliphatic hydroxyl groups is 3. The first-order valence-corrected chi connectivity index (χ1v) is 25.4. The van der Waals surface area contributed by atoms with E-state index in [4.69, 9.17) is 33.3 Å². The molecule has 5 rings (SSSR count). The van der Waals surface area contributed by atoms with E-state index in [0.29, 0.717) is 17.8 Å². The number of phosphoric ester groups is 1. The molecule has 0 aromatic carbocycles. The highest BCUT2D eigenvalue weighted by atomic mass is 33.1. The van der Waals surface area contributed by atoms with Crippen molar-refractivity contribution in [3.8, 4) is 0 Å². The molecule has 0 aliphatic carbocycles. The molecular weight excluding hydrogens is 894 g/mol. The van der Waals surface area contributed by atoms with Crippen molar-refractivity contribution in [2.75, 3.05) is 37.9 Å². The Hall–Kier alpha value is -1.47. The number of phosphoric acid groups is 1. The molecule has 0 bridgehead atoms. The van der Waals surface area contributed by atoms with Crippen molar-refractivity contribution in [2.24, 2.45) is 0 Å². The number of halogens is 2. The summed E-state index contributed by atoms with van der Waals surface area (Å²) in [5.74, 6) is 2.08. The minimum atomic E-state index is -3.96. The highest BCUT2D eigenvalue weighted by Crippen LogP contribution is 2.59. The lowest BCUT2D eigenvalue weighted by Gasteiger charge is -2.33. The Morgan fingerprint density at radius 3 is 2.00 bits per heavy atom. The Morgan fingerprint density at radius 1 is 0.917 bits per heavy atom. The summed E-state index contributed by atoms with van der Waals surface area (Å²) >= 11 is 0. The molecule has 3 aliphatic rings. The lowest BCUT2D eigenvalue weighted by Crippen LogP contribution is -2.47. The van der Waals surface area contributed by atoms with Gasteiger partial charge in [-0.2, -0.15) is 0 Å². The molecule has 344 valence electrons. The summed E-state index contributed by atoms with van der Waals surface area (Å²) in [7, 11) is 3.44. The lowest BCUT2D eigenvalue weighted by atomic mass is 9.98. The third kappa shape index (κ3) is 15.4. The maximum absolute atomic E-state index is 15.6. The second kappa shape index (κ2) is 22.9. The SMILES string of the molecule is CC(C)(C)SSCCCCO.CC(C)(C)SSCCCCOP1(=O)OC[C@H]2O[C@@H](n3ccc(=O)[nH]c3=O)[C@](C)(F)[C@@H]2O1.C[C@@]1(n2ccc(=O)[nH]c2=O)O[C@H](CO)[C@@H](O)[C@H]1F. The normalized spacial score (nSPS) is 30.2. The topological polar surface area (TPSA) is 234 Å². The van der Waals surface area contributed by atoms with Gasteiger partial charge in [0.25, 0.3) is 11.1 Å². The number of fused-ring (bicyclic) bond motifs is 1. The number of aromatic nitrogens is 4. The predicted octanol–water partition coefficient (Wildman–Crippen LogP) is 4.90. The zero-order chi connectivity index (χ0) is 45.1. The van der Waals surface area contributed by atoms with Crippen molar-refractivity contribution in [1.29, 1.82) is 0 Å². The van der Waals surface area contributed by atoms with Crippen LogP contribution in [0.4, 0.5) is 8.78 Å². The van der Waals surface area contributed by atoms with Crippen LogP contribution in [0, 0.1) is 0 Å². The Bertz CT molecular complexity index is 1940. The maximum Gasteiger partial charge on any atom is 0.475 e. The van der Waals surface area contributed by atoms with Gasteiger partial charge in [-0.1, -0.05) is 84.7 Å². The fourth-order valence-electron chi connectivity index (χ4n) is 5.72. The van der Waals surface area contributed by atoms with Crippen LogP contribution in [0.5, 0.6) is 0 Å². The average Bonchev–Trinajstić information content (AvgIpc) is 3.53. The van der Waals surface area contributed by atoms with E-state index in [1.165, 1.54) is 13.8 Å². The molecule has 0 amide bonds. The van der Waals surface area contributed by atoms with Crippen LogP contribution in [0.25, 0.3) is 0 Å². The summed E-state index contributed by atoms with van der Waals surface area (Å²) in [5, 5.41) is 27.0. The average molecular weight is 953 g/mol. The summed E-state index contributed by atoms with van der Waals surface area (Å²) in [5.41, 5.74) is -6.87. The number of rotatable bonds is 15. The van der Waals surface area contributed by atoms with Crippen molar-refractivity contribution < 1.29 is 51.7 Å². The molecule has 2 aromatic heterocycles. The van der Waals surface area contributed by atoms with E-state index in [1.54, 1.807) is 21.6 Å². The zero-order valence-electron chi connectivity index (χ0n) is 35.0. The highest BCUT2D eigenvalue weighted by Gasteiger charge is 2.61. The molecular formula is C36H59F2N4O13PS4. The standard InChI is InChI=1S/C18H28FN2O7PS2.C10H13FN2O5.C8H18OS2/c1-17(2,3)31-30-10-6-5-9-25-29(24)26-11-12-14(28-29)18(4,19)15(27-12)21-8-7-13(22)20-16(21)23;1-10(8(11)7(16)5(4-14)18-10)13-3-2-6(15)12-9(13)17;1-8(2,3)11-10-7-5-4-6-9/h7-8,12,14-15H,5-6,9-11H2,1-4H3,(H,20,22,23);2-3,5,7-8,14,16H,4H2,1H3,(H,12,15,17);9H,4-7H2,1-3H3/t12-,14-,15-,18-,29?;5-,7-,8-,10-;/m11./s1. The van der Waals surface area contributed by atoms with Crippen LogP contribution in [0.15, 0.2) is 43.7 Å². The molecule has 0 radical (unpaired) electrons. The van der Waals surface area contributed by atoms with E-state index >= 15 is 4.39 Å². The maximum atomic E-state index is 15.6. The summed E-state index contributed by atoms with van der Waals surface area (Å²) in [6.45, 7) is 15.3. The van der Waals surface area contributed by atoms with E-state index in [9.17, 15) is 33.2 Å². The number of hydrogen-bond acceptors (Lipinski definition) is 17. The molecule has 0 saturated carbocycles. The monoisotopic (exact) mass is 952 g/mol. The van der Waals surface area contributed by atoms with Gasteiger partial charge in [-0.15, -0.1) is 0 Å². The van der Waals surface area contributed by atoms with Gasteiger partial charge in [-0.25, -0.2) is 22.9 Å². The fourth-order valence-corrected chi connectivity index (χ4v) is 12.1. The molecule has 24 heteroatoms. The quantitative estimate of drug-likeness (QED) is 0.0908. The number of aliphatic hydroxyl groups excluding tert-OH is 3. The Kier molecular flexibility index (Phi) is 20.2. The van der Waals surface area contributed by atoms with Gasteiger partial charge in [0, 0.05) is 52.1 Å². The van der Waals surface area contributed by atoms with Crippen molar-refractivity contribution in [3.63, 3.8) is 0 Å². The molecule has 5 heterocycles. The fraction of sp³-hybridized carbons (Fsp3) is 0.778. The van der Waals surface area contributed by atoms with Crippen molar-refractivity contribution in [3.05, 3.63) is 66.2 Å². The number of nitrogens with one attached hydrogen (secondary N) is 2. The van der Waals surface area contributed by atoms with Crippen LogP contribution < -0.4 is 22.5 Å². The predicted molar refractivity (Wildman–Crippen MR) is 232 cm³/mol. The molecule has 3 fully saturated rings. The van der Waals surface area contributed by atoms with Crippen molar-refractivity contribution >= 4 is 51.0 Å². The van der Waals surface area contributed by atoms with Gasteiger partial charge in [0.05, 0.1) is 19.8 Å². The third-order valence-corrected chi connectivity index (χ3v) is 16.9. The van der Waals surface area contributed by atoms with Gasteiger partial charge < -0.3 is 24.8 Å². The Balaban J connectivity index is 0.000000278. The smallest absolute Gasteiger partial charge is 0.396 e. The molecule has 1 unspecified atom stereocenters. The molecule has 2 aromatic rings. The van der Waals surface area contributed by atoms with Crippen LogP contribution in [-0.2, 0) is 33.3 Å². The van der Waals surface area contributed by atoms with Crippen molar-refractivity contribution in [1.82, 2.24) is 19.1 Å². The second-order valence-corrected chi connectivity index (χ2v) is 24.3. The van der Waals surface area contributed by atoms with E-state index in [1.807, 2.05) is 26.6 Å². The number of unbranched alkanes of at least 4 members (excludes halogenated alkanes) is 2. The minimum absolute atomic E-state index is 0.155. The number of ether oxygens (including phenoxy) is 2. The summed E-state index contributed by atoms with van der Waals surface area (Å²) < 4.78 is 71.6. The molecule has 3 saturated heterocycles. The first kappa shape index (κ1) is 52.9. The van der Waals surface area contributed by atoms with Gasteiger partial charge in [0.15, 0.2) is 23.8 Å². The van der Waals surface area contributed by atoms with Gasteiger partial charge in [0.1, 0.15) is 24.4 Å². The molecule has 3 aliphatic heterocycles.